The molecule has 3 heterocycles. The van der Waals surface area contributed by atoms with E-state index in [4.69, 9.17) is 0 Å². The van der Waals surface area contributed by atoms with E-state index in [2.05, 4.69) is 15.7 Å². The average Bonchev–Trinajstić information content (AvgIpc) is 3.15. The van der Waals surface area contributed by atoms with Gasteiger partial charge in [-0.25, -0.2) is 8.42 Å². The lowest BCUT2D eigenvalue weighted by Crippen LogP contribution is -2.41. The third kappa shape index (κ3) is 3.26. The van der Waals surface area contributed by atoms with Crippen molar-refractivity contribution in [3.8, 4) is 0 Å². The van der Waals surface area contributed by atoms with Gasteiger partial charge in [0.25, 0.3) is 0 Å². The number of carbonyl (C=O) groups is 1. The van der Waals surface area contributed by atoms with Crippen LogP contribution < -0.4 is 10.6 Å². The molecule has 0 bridgehead atoms. The molecule has 2 aliphatic rings. The smallest absolute Gasteiger partial charge is 0.230 e. The maximum Gasteiger partial charge on any atom is 0.230 e. The highest BCUT2D eigenvalue weighted by Crippen LogP contribution is 2.21. The van der Waals surface area contributed by atoms with Crippen LogP contribution in [-0.4, -0.2) is 53.3 Å². The third-order valence-electron chi connectivity index (χ3n) is 4.40. The topological polar surface area (TPSA) is 96.3 Å². The second-order valence-electron chi connectivity index (χ2n) is 6.35. The minimum absolute atomic E-state index is 0.0217. The summed E-state index contributed by atoms with van der Waals surface area (Å²) in [6, 6.07) is 1.77. The summed E-state index contributed by atoms with van der Waals surface area (Å²) >= 11 is 0. The number of aromatic nitrogens is 2. The summed E-state index contributed by atoms with van der Waals surface area (Å²) < 4.78 is 27.8. The molecular weight excluding hydrogens is 318 g/mol. The molecule has 1 fully saturated rings. The molecule has 23 heavy (non-hydrogen) atoms. The summed E-state index contributed by atoms with van der Waals surface area (Å²) in [5.41, 5.74) is 0.806. The highest BCUT2D eigenvalue weighted by molar-refractivity contribution is 7.89. The monoisotopic (exact) mass is 341 g/mol. The first kappa shape index (κ1) is 16.4. The van der Waals surface area contributed by atoms with Crippen molar-refractivity contribution in [2.75, 3.05) is 25.0 Å². The van der Waals surface area contributed by atoms with Crippen molar-refractivity contribution in [1.82, 2.24) is 19.4 Å². The first-order chi connectivity index (χ1) is 10.9. The molecule has 9 heteroatoms. The molecule has 128 valence electrons. The van der Waals surface area contributed by atoms with E-state index in [1.807, 2.05) is 0 Å². The SMILES string of the molecule is CC(C)S(=O)(=O)N1CCn2nc(NC(=O)C3CCNC3)cc2C1. The maximum absolute atomic E-state index is 12.3. The maximum atomic E-state index is 12.3. The van der Waals surface area contributed by atoms with Gasteiger partial charge in [-0.2, -0.15) is 9.40 Å². The van der Waals surface area contributed by atoms with Gasteiger partial charge in [0.2, 0.25) is 15.9 Å². The summed E-state index contributed by atoms with van der Waals surface area (Å²) in [6.45, 7) is 6.14. The Morgan fingerprint density at radius 3 is 2.87 bits per heavy atom. The first-order valence-corrected chi connectivity index (χ1v) is 9.45. The summed E-state index contributed by atoms with van der Waals surface area (Å²) in [4.78, 5) is 12.1. The Bertz CT molecular complexity index is 691. The lowest BCUT2D eigenvalue weighted by Gasteiger charge is -2.28. The zero-order valence-electron chi connectivity index (χ0n) is 13.4. The first-order valence-electron chi connectivity index (χ1n) is 7.95. The summed E-state index contributed by atoms with van der Waals surface area (Å²) in [5.74, 6) is 0.448. The number of amides is 1. The molecule has 0 aromatic carbocycles. The zero-order valence-corrected chi connectivity index (χ0v) is 14.3. The highest BCUT2D eigenvalue weighted by atomic mass is 32.2. The Hall–Kier alpha value is -1.45. The highest BCUT2D eigenvalue weighted by Gasteiger charge is 2.30. The number of anilines is 1. The van der Waals surface area contributed by atoms with Crippen LogP contribution in [0.3, 0.4) is 0 Å². The van der Waals surface area contributed by atoms with Gasteiger partial charge in [0, 0.05) is 19.2 Å². The van der Waals surface area contributed by atoms with Gasteiger partial charge in [0.05, 0.1) is 30.0 Å². The van der Waals surface area contributed by atoms with Crippen LogP contribution in [0.1, 0.15) is 26.0 Å². The lowest BCUT2D eigenvalue weighted by molar-refractivity contribution is -0.119. The number of nitrogens with one attached hydrogen (secondary N) is 2. The van der Waals surface area contributed by atoms with E-state index in [-0.39, 0.29) is 11.8 Å². The van der Waals surface area contributed by atoms with E-state index in [1.165, 1.54) is 4.31 Å². The zero-order chi connectivity index (χ0) is 16.6. The Kier molecular flexibility index (Phi) is 4.43. The van der Waals surface area contributed by atoms with E-state index in [9.17, 15) is 13.2 Å². The van der Waals surface area contributed by atoms with Crippen LogP contribution in [0.15, 0.2) is 6.07 Å². The molecule has 3 rings (SSSR count). The van der Waals surface area contributed by atoms with E-state index in [0.29, 0.717) is 32.0 Å². The van der Waals surface area contributed by atoms with Gasteiger partial charge in [0.15, 0.2) is 5.82 Å². The van der Waals surface area contributed by atoms with Crippen molar-refractivity contribution < 1.29 is 13.2 Å². The van der Waals surface area contributed by atoms with Crippen molar-refractivity contribution >= 4 is 21.7 Å². The quantitative estimate of drug-likeness (QED) is 0.803. The van der Waals surface area contributed by atoms with Crippen LogP contribution in [0.5, 0.6) is 0 Å². The van der Waals surface area contributed by atoms with Crippen molar-refractivity contribution in [1.29, 1.82) is 0 Å². The normalized spacial score (nSPS) is 22.3. The standard InChI is InChI=1S/C14H23N5O3S/c1-10(2)23(21,22)18-5-6-19-12(9-18)7-13(17-19)16-14(20)11-3-4-15-8-11/h7,10-11,15H,3-6,8-9H2,1-2H3,(H,16,17,20). The van der Waals surface area contributed by atoms with Crippen molar-refractivity contribution in [3.05, 3.63) is 11.8 Å². The molecule has 1 atom stereocenters. The third-order valence-corrected chi connectivity index (χ3v) is 6.62. The molecule has 1 amide bonds. The van der Waals surface area contributed by atoms with Gasteiger partial charge in [-0.15, -0.1) is 0 Å². The minimum atomic E-state index is -3.27. The molecule has 0 spiro atoms. The molecule has 1 aromatic heterocycles. The molecular formula is C14H23N5O3S. The van der Waals surface area contributed by atoms with Gasteiger partial charge >= 0.3 is 0 Å². The van der Waals surface area contributed by atoms with Crippen LogP contribution in [0.2, 0.25) is 0 Å². The molecule has 1 saturated heterocycles. The largest absolute Gasteiger partial charge is 0.316 e. The van der Waals surface area contributed by atoms with Crippen molar-refractivity contribution in [2.24, 2.45) is 5.92 Å². The van der Waals surface area contributed by atoms with Crippen LogP contribution in [0.25, 0.3) is 0 Å². The van der Waals surface area contributed by atoms with Crippen molar-refractivity contribution in [3.63, 3.8) is 0 Å². The molecule has 2 aliphatic heterocycles. The fraction of sp³-hybridized carbons (Fsp3) is 0.714. The van der Waals surface area contributed by atoms with E-state index < -0.39 is 15.3 Å². The fourth-order valence-corrected chi connectivity index (χ4v) is 4.17. The number of nitrogens with zero attached hydrogens (tertiary/aromatic N) is 3. The predicted molar refractivity (Wildman–Crippen MR) is 86.3 cm³/mol. The lowest BCUT2D eigenvalue weighted by atomic mass is 10.1. The molecule has 1 unspecified atom stereocenters. The van der Waals surface area contributed by atoms with Crippen LogP contribution in [0.4, 0.5) is 5.82 Å². The summed E-state index contributed by atoms with van der Waals surface area (Å²) in [6.07, 6.45) is 0.833. The second kappa shape index (κ2) is 6.21. The van der Waals surface area contributed by atoms with Crippen LogP contribution >= 0.6 is 0 Å². The van der Waals surface area contributed by atoms with E-state index >= 15 is 0 Å². The second-order valence-corrected chi connectivity index (χ2v) is 8.84. The molecule has 0 saturated carbocycles. The van der Waals surface area contributed by atoms with Crippen molar-refractivity contribution in [2.45, 2.75) is 38.6 Å². The predicted octanol–water partition coefficient (Wildman–Crippen LogP) is -0.0151. The number of carbonyl (C=O) groups excluding carboxylic acids is 1. The Morgan fingerprint density at radius 2 is 2.22 bits per heavy atom. The van der Waals surface area contributed by atoms with Gasteiger partial charge in [0.1, 0.15) is 0 Å². The number of sulfonamides is 1. The molecule has 8 nitrogen and oxygen atoms in total. The van der Waals surface area contributed by atoms with Gasteiger partial charge < -0.3 is 10.6 Å². The van der Waals surface area contributed by atoms with Gasteiger partial charge in [-0.1, -0.05) is 0 Å². The van der Waals surface area contributed by atoms with E-state index in [1.54, 1.807) is 24.6 Å². The summed E-state index contributed by atoms with van der Waals surface area (Å²) in [7, 11) is -3.27. The molecule has 2 N–H and O–H groups in total. The molecule has 1 aromatic rings. The minimum Gasteiger partial charge on any atom is -0.316 e. The molecule has 0 radical (unpaired) electrons. The van der Waals surface area contributed by atoms with Gasteiger partial charge in [-0.05, 0) is 26.8 Å². The number of hydrogen-bond donors (Lipinski definition) is 2. The number of rotatable bonds is 4. The Balaban J connectivity index is 1.70. The van der Waals surface area contributed by atoms with Gasteiger partial charge in [-0.3, -0.25) is 9.48 Å². The average molecular weight is 341 g/mol. The fourth-order valence-electron chi connectivity index (χ4n) is 2.93. The molecule has 0 aliphatic carbocycles. The van der Waals surface area contributed by atoms with E-state index in [0.717, 1.165) is 18.7 Å². The summed E-state index contributed by atoms with van der Waals surface area (Å²) in [5, 5.41) is 9.93. The number of fused-ring (bicyclic) bond motifs is 1. The van der Waals surface area contributed by atoms with Crippen LogP contribution in [-0.2, 0) is 27.9 Å². The Morgan fingerprint density at radius 1 is 1.43 bits per heavy atom. The van der Waals surface area contributed by atoms with Crippen LogP contribution in [0, 0.1) is 5.92 Å². The Labute approximate surface area is 136 Å². The number of hydrogen-bond acceptors (Lipinski definition) is 5.